The zero-order chi connectivity index (χ0) is 16.0. The number of pyridine rings is 2. The predicted octanol–water partition coefficient (Wildman–Crippen LogP) is 3.76. The number of halogens is 2. The van der Waals surface area contributed by atoms with Gasteiger partial charge < -0.3 is 5.11 Å². The topological polar surface area (TPSA) is 58.8 Å². The van der Waals surface area contributed by atoms with Gasteiger partial charge in [0.25, 0.3) is 5.56 Å². The Bertz CT molecular complexity index is 838. The molecule has 0 aromatic carbocycles. The lowest BCUT2D eigenvalue weighted by molar-refractivity contribution is 0.0694. The predicted molar refractivity (Wildman–Crippen MR) is 81.5 cm³/mol. The van der Waals surface area contributed by atoms with Crippen LogP contribution in [-0.4, -0.2) is 15.5 Å². The Kier molecular flexibility index (Phi) is 3.68. The summed E-state index contributed by atoms with van der Waals surface area (Å²) in [6, 6.07) is 1.44. The molecular weight excluding hydrogens is 309 g/mol. The number of fused-ring (bicyclic) bond motifs is 1. The van der Waals surface area contributed by atoms with Gasteiger partial charge in [0.1, 0.15) is 5.56 Å². The van der Waals surface area contributed by atoms with Crippen LogP contribution in [0, 0.1) is 12.7 Å². The molecule has 0 aliphatic heterocycles. The average molecular weight is 324 g/mol. The van der Waals surface area contributed by atoms with Gasteiger partial charge in [-0.15, -0.1) is 0 Å². The molecule has 2 aromatic rings. The van der Waals surface area contributed by atoms with Crippen molar-refractivity contribution in [1.82, 2.24) is 4.40 Å². The Morgan fingerprint density at radius 3 is 2.64 bits per heavy atom. The molecule has 4 nitrogen and oxygen atoms in total. The Labute approximate surface area is 131 Å². The molecule has 0 radical (unpaired) electrons. The summed E-state index contributed by atoms with van der Waals surface area (Å²) in [6.07, 6.45) is 4.97. The number of hydrogen-bond acceptors (Lipinski definition) is 2. The second-order valence-corrected chi connectivity index (χ2v) is 6.12. The van der Waals surface area contributed by atoms with Crippen LogP contribution in [0.5, 0.6) is 0 Å². The molecule has 2 aromatic heterocycles. The molecule has 0 amide bonds. The third-order valence-corrected chi connectivity index (χ3v) is 4.89. The monoisotopic (exact) mass is 323 g/mol. The first kappa shape index (κ1) is 15.0. The number of aromatic carboxylic acids is 1. The van der Waals surface area contributed by atoms with E-state index < -0.39 is 17.3 Å². The maximum atomic E-state index is 13.9. The van der Waals surface area contributed by atoms with Crippen LogP contribution >= 0.6 is 11.6 Å². The second kappa shape index (κ2) is 5.39. The van der Waals surface area contributed by atoms with Crippen LogP contribution in [0.25, 0.3) is 5.52 Å². The van der Waals surface area contributed by atoms with Crippen LogP contribution in [0.2, 0.25) is 5.02 Å². The van der Waals surface area contributed by atoms with Gasteiger partial charge in [0, 0.05) is 6.20 Å². The number of aromatic nitrogens is 1. The Hall–Kier alpha value is -1.88. The SMILES string of the molecule is Cc1c(Cl)c(F)cn2c(=O)c(C(=O)O)cc(C3CCCC3)c12. The number of hydrogen-bond donors (Lipinski definition) is 1. The van der Waals surface area contributed by atoms with Crippen molar-refractivity contribution in [1.29, 1.82) is 0 Å². The van der Waals surface area contributed by atoms with Gasteiger partial charge in [0.2, 0.25) is 0 Å². The molecule has 1 aliphatic rings. The normalized spacial score (nSPS) is 15.6. The van der Waals surface area contributed by atoms with Gasteiger partial charge in [-0.05, 0) is 42.9 Å². The van der Waals surface area contributed by atoms with E-state index >= 15 is 0 Å². The van der Waals surface area contributed by atoms with Crippen LogP contribution < -0.4 is 5.56 Å². The fraction of sp³-hybridized carbons (Fsp3) is 0.375. The maximum absolute atomic E-state index is 13.9. The van der Waals surface area contributed by atoms with Gasteiger partial charge in [0.15, 0.2) is 5.82 Å². The molecule has 3 rings (SSSR count). The maximum Gasteiger partial charge on any atom is 0.341 e. The molecule has 1 fully saturated rings. The van der Waals surface area contributed by atoms with E-state index in [1.807, 2.05) is 0 Å². The lowest BCUT2D eigenvalue weighted by atomic mass is 9.94. The van der Waals surface area contributed by atoms with Crippen molar-refractivity contribution >= 4 is 23.1 Å². The zero-order valence-corrected chi connectivity index (χ0v) is 12.8. The van der Waals surface area contributed by atoms with E-state index in [1.165, 1.54) is 6.07 Å². The molecule has 22 heavy (non-hydrogen) atoms. The van der Waals surface area contributed by atoms with Crippen molar-refractivity contribution in [3.8, 4) is 0 Å². The number of nitrogens with zero attached hydrogens (tertiary/aromatic N) is 1. The number of rotatable bonds is 2. The van der Waals surface area contributed by atoms with Gasteiger partial charge in [-0.3, -0.25) is 9.20 Å². The molecule has 2 heterocycles. The van der Waals surface area contributed by atoms with E-state index in [1.54, 1.807) is 6.92 Å². The molecule has 1 N–H and O–H groups in total. The van der Waals surface area contributed by atoms with Crippen LogP contribution in [0.1, 0.15) is 53.1 Å². The quantitative estimate of drug-likeness (QED) is 0.915. The lowest BCUT2D eigenvalue weighted by Gasteiger charge is -2.17. The molecular formula is C16H15ClFNO3. The van der Waals surface area contributed by atoms with Crippen molar-refractivity contribution in [2.75, 3.05) is 0 Å². The van der Waals surface area contributed by atoms with Gasteiger partial charge in [-0.25, -0.2) is 9.18 Å². The standard InChI is InChI=1S/C16H15ClFNO3/c1-8-13(17)12(18)7-19-14(8)10(9-4-2-3-5-9)6-11(15(19)20)16(21)22/h6-7,9H,2-5H2,1H3,(H,21,22). The molecule has 1 aliphatic carbocycles. The summed E-state index contributed by atoms with van der Waals surface area (Å²) < 4.78 is 15.0. The zero-order valence-electron chi connectivity index (χ0n) is 12.0. The summed E-state index contributed by atoms with van der Waals surface area (Å²) in [5.41, 5.74) is 0.711. The minimum atomic E-state index is -1.30. The Morgan fingerprint density at radius 2 is 2.05 bits per heavy atom. The molecule has 1 saturated carbocycles. The van der Waals surface area contributed by atoms with Crippen molar-refractivity contribution in [3.63, 3.8) is 0 Å². The molecule has 0 bridgehead atoms. The summed E-state index contributed by atoms with van der Waals surface area (Å²) in [5.74, 6) is -1.85. The van der Waals surface area contributed by atoms with Gasteiger partial charge in [0.05, 0.1) is 10.5 Å². The number of carbonyl (C=O) groups is 1. The molecule has 0 unspecified atom stereocenters. The van der Waals surface area contributed by atoms with E-state index in [9.17, 15) is 19.1 Å². The highest BCUT2D eigenvalue weighted by Gasteiger charge is 2.25. The van der Waals surface area contributed by atoms with E-state index in [2.05, 4.69) is 0 Å². The Balaban J connectivity index is 2.46. The highest BCUT2D eigenvalue weighted by molar-refractivity contribution is 6.32. The summed E-state index contributed by atoms with van der Waals surface area (Å²) >= 11 is 5.98. The number of carboxylic acid groups (broad SMARTS) is 1. The lowest BCUT2D eigenvalue weighted by Crippen LogP contribution is -2.24. The highest BCUT2D eigenvalue weighted by Crippen LogP contribution is 2.38. The Morgan fingerprint density at radius 1 is 1.41 bits per heavy atom. The average Bonchev–Trinajstić information content (AvgIpc) is 2.99. The summed E-state index contributed by atoms with van der Waals surface area (Å²) in [6.45, 7) is 1.65. The van der Waals surface area contributed by atoms with E-state index in [4.69, 9.17) is 11.6 Å². The molecule has 0 saturated heterocycles. The molecule has 0 spiro atoms. The van der Waals surface area contributed by atoms with Crippen molar-refractivity contribution in [2.45, 2.75) is 38.5 Å². The second-order valence-electron chi connectivity index (χ2n) is 5.74. The largest absolute Gasteiger partial charge is 0.477 e. The minimum absolute atomic E-state index is 0.0262. The molecule has 6 heteroatoms. The van der Waals surface area contributed by atoms with E-state index in [-0.39, 0.29) is 16.5 Å². The van der Waals surface area contributed by atoms with Gasteiger partial charge in [-0.2, -0.15) is 0 Å². The van der Waals surface area contributed by atoms with Crippen LogP contribution in [0.3, 0.4) is 0 Å². The van der Waals surface area contributed by atoms with Gasteiger partial charge >= 0.3 is 5.97 Å². The summed E-state index contributed by atoms with van der Waals surface area (Å²) in [5, 5.41) is 9.23. The third kappa shape index (κ3) is 2.20. The number of aryl methyl sites for hydroxylation is 1. The first-order valence-corrected chi connectivity index (χ1v) is 7.56. The number of carboxylic acids is 1. The third-order valence-electron chi connectivity index (χ3n) is 4.43. The fourth-order valence-electron chi connectivity index (χ4n) is 3.33. The van der Waals surface area contributed by atoms with Crippen LogP contribution in [-0.2, 0) is 0 Å². The smallest absolute Gasteiger partial charge is 0.341 e. The molecule has 116 valence electrons. The van der Waals surface area contributed by atoms with Gasteiger partial charge in [-0.1, -0.05) is 24.4 Å². The van der Waals surface area contributed by atoms with Crippen molar-refractivity contribution < 1.29 is 14.3 Å². The summed E-state index contributed by atoms with van der Waals surface area (Å²) in [4.78, 5) is 23.7. The van der Waals surface area contributed by atoms with E-state index in [0.29, 0.717) is 11.1 Å². The summed E-state index contributed by atoms with van der Waals surface area (Å²) in [7, 11) is 0. The first-order chi connectivity index (χ1) is 10.4. The first-order valence-electron chi connectivity index (χ1n) is 7.19. The fourth-order valence-corrected chi connectivity index (χ4v) is 3.47. The van der Waals surface area contributed by atoms with Crippen LogP contribution in [0.4, 0.5) is 4.39 Å². The minimum Gasteiger partial charge on any atom is -0.477 e. The van der Waals surface area contributed by atoms with E-state index in [0.717, 1.165) is 41.8 Å². The highest BCUT2D eigenvalue weighted by atomic mass is 35.5. The van der Waals surface area contributed by atoms with Crippen LogP contribution in [0.15, 0.2) is 17.1 Å². The molecule has 0 atom stereocenters. The van der Waals surface area contributed by atoms with Crippen molar-refractivity contribution in [2.24, 2.45) is 0 Å². The van der Waals surface area contributed by atoms with Crippen molar-refractivity contribution in [3.05, 3.63) is 50.1 Å².